The maximum atomic E-state index is 2.60. The van der Waals surface area contributed by atoms with Gasteiger partial charge < -0.3 is 4.90 Å². The van der Waals surface area contributed by atoms with Gasteiger partial charge in [-0.3, -0.25) is 0 Å². The van der Waals surface area contributed by atoms with Crippen LogP contribution in [0, 0.1) is 0 Å². The van der Waals surface area contributed by atoms with E-state index in [1.165, 1.54) is 130 Å². The maximum Gasteiger partial charge on any atom is 0.0726 e. The first kappa shape index (κ1) is 42.2. The van der Waals surface area contributed by atoms with Crippen LogP contribution in [0.3, 0.4) is 0 Å². The normalized spacial score (nSPS) is 12.9. The first-order chi connectivity index (χ1) is 37.2. The predicted octanol–water partition coefficient (Wildman–Crippen LogP) is 20.3. The second-order valence-electron chi connectivity index (χ2n) is 20.2. The lowest BCUT2D eigenvalue weighted by Gasteiger charge is -2.33. The molecule has 0 fully saturated rings. The molecule has 0 atom stereocenters. The highest BCUT2D eigenvalue weighted by Crippen LogP contribution is 2.64. The number of thiophene rings is 1. The summed E-state index contributed by atoms with van der Waals surface area (Å²) in [7, 11) is 0. The summed E-state index contributed by atoms with van der Waals surface area (Å²) in [6.45, 7) is 0. The summed E-state index contributed by atoms with van der Waals surface area (Å²) < 4.78 is 2.58. The fourth-order valence-corrected chi connectivity index (χ4v) is 14.5. The summed E-state index contributed by atoms with van der Waals surface area (Å²) in [6.07, 6.45) is 0. The Hall–Kier alpha value is -9.34. The van der Waals surface area contributed by atoms with Gasteiger partial charge in [-0.1, -0.05) is 224 Å². The van der Waals surface area contributed by atoms with E-state index in [0.717, 1.165) is 17.1 Å². The van der Waals surface area contributed by atoms with Crippen LogP contribution in [0.1, 0.15) is 22.3 Å². The van der Waals surface area contributed by atoms with Gasteiger partial charge in [0.15, 0.2) is 0 Å². The number of fused-ring (bicyclic) bond motifs is 19. The fraction of sp³-hybridized carbons (Fsp3) is 0.0137. The Morgan fingerprint density at radius 3 is 1.33 bits per heavy atom. The smallest absolute Gasteiger partial charge is 0.0726 e. The third kappa shape index (κ3) is 6.06. The zero-order valence-electron chi connectivity index (χ0n) is 40.8. The topological polar surface area (TPSA) is 3.24 Å². The molecule has 2 aliphatic rings. The molecule has 2 heteroatoms. The zero-order valence-corrected chi connectivity index (χ0v) is 41.7. The second-order valence-corrected chi connectivity index (χ2v) is 21.3. The highest BCUT2D eigenvalue weighted by atomic mass is 32.1. The van der Waals surface area contributed by atoms with Crippen LogP contribution in [0.25, 0.3) is 108 Å². The molecule has 75 heavy (non-hydrogen) atoms. The van der Waals surface area contributed by atoms with Crippen molar-refractivity contribution >= 4 is 80.9 Å². The van der Waals surface area contributed by atoms with Gasteiger partial charge in [0.2, 0.25) is 0 Å². The molecule has 1 aromatic heterocycles. The van der Waals surface area contributed by atoms with Crippen LogP contribution in [0.5, 0.6) is 0 Å². The summed E-state index contributed by atoms with van der Waals surface area (Å²) in [4.78, 5) is 2.57. The van der Waals surface area contributed by atoms with Crippen molar-refractivity contribution in [3.8, 4) is 55.6 Å². The Morgan fingerprint density at radius 2 is 0.707 bits per heavy atom. The first-order valence-electron chi connectivity index (χ1n) is 26.0. The molecule has 14 aromatic rings. The van der Waals surface area contributed by atoms with Crippen molar-refractivity contribution in [3.63, 3.8) is 0 Å². The summed E-state index contributed by atoms with van der Waals surface area (Å²) >= 11 is 1.88. The molecule has 0 saturated carbocycles. The van der Waals surface area contributed by atoms with Crippen LogP contribution in [0.4, 0.5) is 17.1 Å². The molecule has 0 unspecified atom stereocenters. The molecule has 13 aromatic carbocycles. The van der Waals surface area contributed by atoms with E-state index in [9.17, 15) is 0 Å². The number of benzene rings is 13. The van der Waals surface area contributed by atoms with E-state index < -0.39 is 5.41 Å². The number of hydrogen-bond acceptors (Lipinski definition) is 2. The lowest BCUT2D eigenvalue weighted by Crippen LogP contribution is -2.26. The Morgan fingerprint density at radius 1 is 0.253 bits per heavy atom. The predicted molar refractivity (Wildman–Crippen MR) is 319 cm³/mol. The third-order valence-corrected chi connectivity index (χ3v) is 17.6. The number of anilines is 3. The molecule has 16 rings (SSSR count). The van der Waals surface area contributed by atoms with Crippen molar-refractivity contribution < 1.29 is 0 Å². The van der Waals surface area contributed by atoms with Crippen molar-refractivity contribution in [1.82, 2.24) is 0 Å². The minimum Gasteiger partial charge on any atom is -0.310 e. The van der Waals surface area contributed by atoms with Crippen LogP contribution in [-0.2, 0) is 5.41 Å². The van der Waals surface area contributed by atoms with Crippen LogP contribution in [0.15, 0.2) is 273 Å². The molecule has 0 aliphatic heterocycles. The molecule has 0 bridgehead atoms. The van der Waals surface area contributed by atoms with E-state index in [4.69, 9.17) is 0 Å². The van der Waals surface area contributed by atoms with Crippen LogP contribution in [0.2, 0.25) is 0 Å². The molecule has 0 radical (unpaired) electrons. The second kappa shape index (κ2) is 16.3. The first-order valence-corrected chi connectivity index (χ1v) is 26.8. The highest BCUT2D eigenvalue weighted by Gasteiger charge is 2.52. The standard InChI is InChI=1S/C73H45NS/c1-2-19-46(20-3-1)50-21-4-5-22-51(50)47-37-39-48(40-38-47)74(49-41-42-56-54-25-7-6-23-52(54)53-24-8-9-26-55(53)62(56)43-49)69-45-68-63(44-64(69)60-31-18-36-71-72(60)61-30-13-17-35-70(61)75-71)59-29-12-16-34-67(59)73(68)65-32-14-10-27-57(65)58-28-11-15-33-66(58)73/h1-45H. The van der Waals surface area contributed by atoms with E-state index in [1.807, 2.05) is 11.3 Å². The Labute approximate surface area is 439 Å². The van der Waals surface area contributed by atoms with E-state index in [2.05, 4.69) is 278 Å². The van der Waals surface area contributed by atoms with Gasteiger partial charge in [0.1, 0.15) is 0 Å². The monoisotopic (exact) mass is 967 g/mol. The van der Waals surface area contributed by atoms with Gasteiger partial charge in [-0.2, -0.15) is 0 Å². The Balaban J connectivity index is 1.03. The number of rotatable bonds is 6. The molecule has 2 aliphatic carbocycles. The van der Waals surface area contributed by atoms with Gasteiger partial charge in [0, 0.05) is 37.1 Å². The van der Waals surface area contributed by atoms with E-state index >= 15 is 0 Å². The molecular formula is C73H45NS. The van der Waals surface area contributed by atoms with Crippen molar-refractivity contribution in [1.29, 1.82) is 0 Å². The van der Waals surface area contributed by atoms with Crippen molar-refractivity contribution in [2.75, 3.05) is 4.90 Å². The quantitative estimate of drug-likeness (QED) is 0.150. The summed E-state index contributed by atoms with van der Waals surface area (Å²) in [5, 5.41) is 10.1. The molecule has 0 amide bonds. The maximum absolute atomic E-state index is 2.60. The molecule has 1 nitrogen and oxygen atoms in total. The molecule has 1 spiro atoms. The lowest BCUT2D eigenvalue weighted by molar-refractivity contribution is 0.794. The average molecular weight is 968 g/mol. The van der Waals surface area contributed by atoms with E-state index in [1.54, 1.807) is 0 Å². The minimum atomic E-state index is -0.539. The summed E-state index contributed by atoms with van der Waals surface area (Å²) in [5.41, 5.74) is 20.4. The van der Waals surface area contributed by atoms with Crippen LogP contribution >= 0.6 is 11.3 Å². The largest absolute Gasteiger partial charge is 0.310 e. The third-order valence-electron chi connectivity index (χ3n) is 16.5. The van der Waals surface area contributed by atoms with Gasteiger partial charge in [-0.25, -0.2) is 0 Å². The Bertz CT molecular complexity index is 4580. The van der Waals surface area contributed by atoms with E-state index in [-0.39, 0.29) is 0 Å². The Kier molecular flexibility index (Phi) is 9.19. The minimum absolute atomic E-state index is 0.539. The molecule has 0 N–H and O–H groups in total. The molecular weight excluding hydrogens is 923 g/mol. The molecule has 1 heterocycles. The van der Waals surface area contributed by atoms with Crippen LogP contribution < -0.4 is 4.90 Å². The van der Waals surface area contributed by atoms with Gasteiger partial charge in [-0.15, -0.1) is 11.3 Å². The summed E-state index contributed by atoms with van der Waals surface area (Å²) in [6, 6.07) is 102. The van der Waals surface area contributed by atoms with Gasteiger partial charge in [0.25, 0.3) is 0 Å². The zero-order chi connectivity index (χ0) is 49.2. The van der Waals surface area contributed by atoms with Crippen molar-refractivity contribution in [2.45, 2.75) is 5.41 Å². The number of hydrogen-bond donors (Lipinski definition) is 0. The van der Waals surface area contributed by atoms with Crippen molar-refractivity contribution in [3.05, 3.63) is 295 Å². The van der Waals surface area contributed by atoms with Gasteiger partial charge in [0.05, 0.1) is 11.1 Å². The van der Waals surface area contributed by atoms with Crippen LogP contribution in [-0.4, -0.2) is 0 Å². The molecule has 348 valence electrons. The molecule has 0 saturated heterocycles. The SMILES string of the molecule is c1ccc(-c2ccccc2-c2ccc(N(c3ccc4c5ccccc5c5ccccc5c4c3)c3cc4c(cc3-c3cccc5sc6ccccc6c35)-c3ccccc3C43c4ccccc4-c4ccccc43)cc2)cc1. The highest BCUT2D eigenvalue weighted by molar-refractivity contribution is 7.26. The summed E-state index contributed by atoms with van der Waals surface area (Å²) in [5.74, 6) is 0. The van der Waals surface area contributed by atoms with Gasteiger partial charge in [-0.05, 0) is 153 Å². The van der Waals surface area contributed by atoms with Crippen molar-refractivity contribution in [2.24, 2.45) is 0 Å². The average Bonchev–Trinajstić information content (AvgIpc) is 4.21. The van der Waals surface area contributed by atoms with E-state index in [0.29, 0.717) is 0 Å². The number of nitrogens with zero attached hydrogens (tertiary/aromatic N) is 1. The fourth-order valence-electron chi connectivity index (χ4n) is 13.4. The van der Waals surface area contributed by atoms with Gasteiger partial charge >= 0.3 is 0 Å². The lowest BCUT2D eigenvalue weighted by atomic mass is 9.70.